The van der Waals surface area contributed by atoms with Gasteiger partial charge in [-0.3, -0.25) is 0 Å². The lowest BCUT2D eigenvalue weighted by molar-refractivity contribution is 0.382. The minimum Gasteiger partial charge on any atom is -0.399 e. The van der Waals surface area contributed by atoms with Crippen molar-refractivity contribution in [3.63, 3.8) is 0 Å². The molecule has 122 valence electrons. The standard InChI is InChI=1S/C15H19N5O2S/c1-12-6-7-17-15(18-12)19-8-10-20(11-9-19)23(21,22)14-4-2-13(16)3-5-14/h2-7H,8-11,16H2,1H3. The van der Waals surface area contributed by atoms with Gasteiger partial charge in [-0.1, -0.05) is 0 Å². The number of aryl methyl sites for hydroxylation is 1. The van der Waals surface area contributed by atoms with Crippen molar-refractivity contribution < 1.29 is 8.42 Å². The van der Waals surface area contributed by atoms with Crippen LogP contribution in [0.2, 0.25) is 0 Å². The van der Waals surface area contributed by atoms with Crippen LogP contribution in [0, 0.1) is 6.92 Å². The molecule has 0 spiro atoms. The Kier molecular flexibility index (Phi) is 4.18. The number of piperazine rings is 1. The molecule has 2 N–H and O–H groups in total. The van der Waals surface area contributed by atoms with Gasteiger partial charge in [-0.2, -0.15) is 4.31 Å². The van der Waals surface area contributed by atoms with Gasteiger partial charge >= 0.3 is 0 Å². The Morgan fingerprint density at radius 2 is 1.70 bits per heavy atom. The fourth-order valence-corrected chi connectivity index (χ4v) is 3.93. The van der Waals surface area contributed by atoms with Gasteiger partial charge in [0.15, 0.2) is 0 Å². The molecule has 23 heavy (non-hydrogen) atoms. The number of benzene rings is 1. The molecule has 1 saturated heterocycles. The number of hydrogen-bond acceptors (Lipinski definition) is 6. The smallest absolute Gasteiger partial charge is 0.243 e. The molecule has 1 aliphatic rings. The highest BCUT2D eigenvalue weighted by molar-refractivity contribution is 7.89. The summed E-state index contributed by atoms with van der Waals surface area (Å²) in [7, 11) is -3.48. The Hall–Kier alpha value is -2.19. The first kappa shape index (κ1) is 15.7. The summed E-state index contributed by atoms with van der Waals surface area (Å²) in [5.41, 5.74) is 7.06. The van der Waals surface area contributed by atoms with Crippen molar-refractivity contribution >= 4 is 21.7 Å². The second kappa shape index (κ2) is 6.13. The molecule has 0 aliphatic carbocycles. The summed E-state index contributed by atoms with van der Waals surface area (Å²) in [6.07, 6.45) is 1.72. The minimum atomic E-state index is -3.48. The molecule has 1 aromatic carbocycles. The van der Waals surface area contributed by atoms with Crippen molar-refractivity contribution in [2.75, 3.05) is 36.8 Å². The summed E-state index contributed by atoms with van der Waals surface area (Å²) < 4.78 is 26.8. The van der Waals surface area contributed by atoms with Crippen molar-refractivity contribution in [3.05, 3.63) is 42.2 Å². The molecule has 7 nitrogen and oxygen atoms in total. The third kappa shape index (κ3) is 3.27. The molecule has 1 aliphatic heterocycles. The van der Waals surface area contributed by atoms with Crippen LogP contribution in [0.5, 0.6) is 0 Å². The van der Waals surface area contributed by atoms with Gasteiger partial charge < -0.3 is 10.6 Å². The first-order chi connectivity index (χ1) is 11.0. The van der Waals surface area contributed by atoms with Crippen LogP contribution >= 0.6 is 0 Å². The molecule has 2 aromatic rings. The van der Waals surface area contributed by atoms with Gasteiger partial charge in [0.25, 0.3) is 0 Å². The van der Waals surface area contributed by atoms with E-state index in [0.717, 1.165) is 5.69 Å². The van der Waals surface area contributed by atoms with Crippen LogP contribution in [-0.2, 0) is 10.0 Å². The Morgan fingerprint density at radius 1 is 1.04 bits per heavy atom. The molecule has 1 aromatic heterocycles. The molecule has 0 unspecified atom stereocenters. The lowest BCUT2D eigenvalue weighted by atomic mass is 10.3. The van der Waals surface area contributed by atoms with Gasteiger partial charge in [0.2, 0.25) is 16.0 Å². The Balaban J connectivity index is 1.72. The van der Waals surface area contributed by atoms with E-state index in [1.807, 2.05) is 17.9 Å². The number of nitrogens with zero attached hydrogens (tertiary/aromatic N) is 4. The van der Waals surface area contributed by atoms with Crippen LogP contribution in [0.25, 0.3) is 0 Å². The normalized spacial score (nSPS) is 16.5. The van der Waals surface area contributed by atoms with Crippen molar-refractivity contribution in [3.8, 4) is 0 Å². The van der Waals surface area contributed by atoms with E-state index >= 15 is 0 Å². The highest BCUT2D eigenvalue weighted by Gasteiger charge is 2.29. The minimum absolute atomic E-state index is 0.270. The summed E-state index contributed by atoms with van der Waals surface area (Å²) in [6, 6.07) is 8.13. The summed E-state index contributed by atoms with van der Waals surface area (Å²) >= 11 is 0. The van der Waals surface area contributed by atoms with Crippen molar-refractivity contribution in [2.24, 2.45) is 0 Å². The van der Waals surface area contributed by atoms with Gasteiger partial charge in [-0.25, -0.2) is 18.4 Å². The first-order valence-corrected chi connectivity index (χ1v) is 8.81. The zero-order chi connectivity index (χ0) is 16.4. The number of nitrogens with two attached hydrogens (primary N) is 1. The second-order valence-electron chi connectivity index (χ2n) is 5.46. The lowest BCUT2D eigenvalue weighted by Gasteiger charge is -2.34. The van der Waals surface area contributed by atoms with E-state index in [1.54, 1.807) is 30.5 Å². The molecule has 0 atom stereocenters. The predicted octanol–water partition coefficient (Wildman–Crippen LogP) is 0.878. The number of sulfonamides is 1. The van der Waals surface area contributed by atoms with Crippen LogP contribution in [-0.4, -0.2) is 48.9 Å². The van der Waals surface area contributed by atoms with Crippen LogP contribution in [0.15, 0.2) is 41.4 Å². The summed E-state index contributed by atoms with van der Waals surface area (Å²) in [6.45, 7) is 3.86. The second-order valence-corrected chi connectivity index (χ2v) is 7.40. The van der Waals surface area contributed by atoms with Crippen molar-refractivity contribution in [1.82, 2.24) is 14.3 Å². The summed E-state index contributed by atoms with van der Waals surface area (Å²) in [4.78, 5) is 10.9. The predicted molar refractivity (Wildman–Crippen MR) is 88.6 cm³/mol. The molecular formula is C15H19N5O2S. The SMILES string of the molecule is Cc1ccnc(N2CCN(S(=O)(=O)c3ccc(N)cc3)CC2)n1. The molecule has 0 radical (unpaired) electrons. The van der Waals surface area contributed by atoms with Crippen molar-refractivity contribution in [2.45, 2.75) is 11.8 Å². The fourth-order valence-electron chi connectivity index (χ4n) is 2.51. The Morgan fingerprint density at radius 3 is 2.30 bits per heavy atom. The molecule has 2 heterocycles. The lowest BCUT2D eigenvalue weighted by Crippen LogP contribution is -2.49. The van der Waals surface area contributed by atoms with Gasteiger partial charge in [-0.15, -0.1) is 0 Å². The molecule has 3 rings (SSSR count). The van der Waals surface area contributed by atoms with Crippen LogP contribution in [0.4, 0.5) is 11.6 Å². The number of rotatable bonds is 3. The van der Waals surface area contributed by atoms with E-state index in [2.05, 4.69) is 9.97 Å². The molecule has 0 saturated carbocycles. The summed E-state index contributed by atoms with van der Waals surface area (Å²) in [5.74, 6) is 0.648. The van der Waals surface area contributed by atoms with Gasteiger partial charge in [0, 0.05) is 43.8 Å². The molecule has 1 fully saturated rings. The van der Waals surface area contributed by atoms with E-state index in [9.17, 15) is 8.42 Å². The molecule has 0 bridgehead atoms. The average Bonchev–Trinajstić information content (AvgIpc) is 2.55. The maximum Gasteiger partial charge on any atom is 0.243 e. The topological polar surface area (TPSA) is 92.4 Å². The number of aromatic nitrogens is 2. The highest BCUT2D eigenvalue weighted by atomic mass is 32.2. The van der Waals surface area contributed by atoms with Gasteiger partial charge in [0.05, 0.1) is 4.90 Å². The number of hydrogen-bond donors (Lipinski definition) is 1. The van der Waals surface area contributed by atoms with Crippen molar-refractivity contribution in [1.29, 1.82) is 0 Å². The molecule has 8 heteroatoms. The Labute approximate surface area is 135 Å². The van der Waals surface area contributed by atoms with Gasteiger partial charge in [0.1, 0.15) is 0 Å². The zero-order valence-corrected chi connectivity index (χ0v) is 13.7. The monoisotopic (exact) mass is 333 g/mol. The molecular weight excluding hydrogens is 314 g/mol. The maximum absolute atomic E-state index is 12.6. The quantitative estimate of drug-likeness (QED) is 0.838. The van der Waals surface area contributed by atoms with Gasteiger partial charge in [-0.05, 0) is 37.3 Å². The van der Waals surface area contributed by atoms with E-state index in [0.29, 0.717) is 37.8 Å². The summed E-state index contributed by atoms with van der Waals surface area (Å²) in [5, 5.41) is 0. The third-order valence-corrected chi connectivity index (χ3v) is 5.73. The fraction of sp³-hybridized carbons (Fsp3) is 0.333. The van der Waals surface area contributed by atoms with E-state index in [4.69, 9.17) is 5.73 Å². The van der Waals surface area contributed by atoms with E-state index in [1.165, 1.54) is 4.31 Å². The maximum atomic E-state index is 12.6. The average molecular weight is 333 g/mol. The molecule has 0 amide bonds. The van der Waals surface area contributed by atoms with E-state index in [-0.39, 0.29) is 4.90 Å². The van der Waals surface area contributed by atoms with Crippen LogP contribution < -0.4 is 10.6 Å². The third-order valence-electron chi connectivity index (χ3n) is 3.82. The highest BCUT2D eigenvalue weighted by Crippen LogP contribution is 2.20. The zero-order valence-electron chi connectivity index (χ0n) is 12.9. The van der Waals surface area contributed by atoms with Crippen LogP contribution in [0.1, 0.15) is 5.69 Å². The number of nitrogen functional groups attached to an aromatic ring is 1. The van der Waals surface area contributed by atoms with Crippen LogP contribution in [0.3, 0.4) is 0 Å². The first-order valence-electron chi connectivity index (χ1n) is 7.37. The Bertz CT molecular complexity index is 784. The van der Waals surface area contributed by atoms with E-state index < -0.39 is 10.0 Å². The number of anilines is 2. The largest absolute Gasteiger partial charge is 0.399 e.